The highest BCUT2D eigenvalue weighted by Gasteiger charge is 2.26. The number of rotatable bonds is 3. The van der Waals surface area contributed by atoms with Crippen LogP contribution in [0.3, 0.4) is 0 Å². The van der Waals surface area contributed by atoms with Crippen LogP contribution < -0.4 is 4.90 Å². The third kappa shape index (κ3) is 2.55. The molecule has 1 aliphatic heterocycles. The van der Waals surface area contributed by atoms with Gasteiger partial charge in [-0.05, 0) is 42.0 Å². The van der Waals surface area contributed by atoms with Crippen LogP contribution in [0.1, 0.15) is 15.9 Å². The number of benzene rings is 2. The molecule has 0 unspecified atom stereocenters. The Balaban J connectivity index is 1.73. The topological polar surface area (TPSA) is 70.8 Å². The van der Waals surface area contributed by atoms with Gasteiger partial charge in [-0.25, -0.2) is 4.79 Å². The first-order valence-corrected chi connectivity index (χ1v) is 8.37. The lowest BCUT2D eigenvalue weighted by atomic mass is 10.1. The third-order valence-electron chi connectivity index (χ3n) is 4.01. The number of nitrogens with zero attached hydrogens (tertiary/aromatic N) is 1. The fraction of sp³-hybridized carbons (Fsp3) is 0.111. The molecule has 1 aliphatic rings. The zero-order chi connectivity index (χ0) is 16.7. The summed E-state index contributed by atoms with van der Waals surface area (Å²) in [7, 11) is 0. The van der Waals surface area contributed by atoms with Gasteiger partial charge in [-0.15, -0.1) is 11.8 Å². The molecule has 0 atom stereocenters. The molecule has 0 saturated carbocycles. The highest BCUT2D eigenvalue weighted by molar-refractivity contribution is 8.00. The minimum atomic E-state index is -0.999. The fourth-order valence-electron chi connectivity index (χ4n) is 2.81. The lowest BCUT2D eigenvalue weighted by Gasteiger charge is -2.29. The minimum Gasteiger partial charge on any atom is -0.478 e. The summed E-state index contributed by atoms with van der Waals surface area (Å²) in [4.78, 5) is 26.2. The number of carboxylic acids is 1. The summed E-state index contributed by atoms with van der Waals surface area (Å²) in [6.07, 6.45) is 1.63. The summed E-state index contributed by atoms with van der Waals surface area (Å²) in [5.74, 6) is -0.671. The Morgan fingerprint density at radius 2 is 2.08 bits per heavy atom. The lowest BCUT2D eigenvalue weighted by molar-refractivity contribution is -0.116. The number of carbonyl (C=O) groups is 2. The van der Waals surface area contributed by atoms with Crippen molar-refractivity contribution in [1.29, 1.82) is 0 Å². The molecule has 1 N–H and O–H groups in total. The van der Waals surface area contributed by atoms with E-state index in [1.54, 1.807) is 29.4 Å². The Bertz CT molecular complexity index is 963. The summed E-state index contributed by atoms with van der Waals surface area (Å²) >= 11 is 1.44. The van der Waals surface area contributed by atoms with Crippen LogP contribution in [0.5, 0.6) is 0 Å². The first-order chi connectivity index (χ1) is 11.6. The van der Waals surface area contributed by atoms with Crippen LogP contribution in [0.15, 0.2) is 58.0 Å². The van der Waals surface area contributed by atoms with Gasteiger partial charge in [-0.2, -0.15) is 0 Å². The van der Waals surface area contributed by atoms with Gasteiger partial charge < -0.3 is 14.4 Å². The lowest BCUT2D eigenvalue weighted by Crippen LogP contribution is -2.34. The number of hydrogen-bond acceptors (Lipinski definition) is 4. The van der Waals surface area contributed by atoms with Gasteiger partial charge >= 0.3 is 5.97 Å². The monoisotopic (exact) mass is 339 g/mol. The van der Waals surface area contributed by atoms with Gasteiger partial charge in [0, 0.05) is 10.3 Å². The number of anilines is 1. The number of amides is 1. The highest BCUT2D eigenvalue weighted by atomic mass is 32.2. The number of hydrogen-bond donors (Lipinski definition) is 1. The Kier molecular flexibility index (Phi) is 3.54. The molecular formula is C18H13NO4S. The second-order valence-corrected chi connectivity index (χ2v) is 6.57. The van der Waals surface area contributed by atoms with E-state index in [-0.39, 0.29) is 11.5 Å². The van der Waals surface area contributed by atoms with Crippen molar-refractivity contribution in [2.24, 2.45) is 0 Å². The molecule has 0 aliphatic carbocycles. The molecule has 0 spiro atoms. The van der Waals surface area contributed by atoms with Crippen molar-refractivity contribution in [2.75, 3.05) is 10.7 Å². The van der Waals surface area contributed by atoms with E-state index >= 15 is 0 Å². The molecule has 1 amide bonds. The Hall–Kier alpha value is -2.73. The quantitative estimate of drug-likeness (QED) is 0.786. The number of carbonyl (C=O) groups excluding carboxylic acids is 1. The van der Waals surface area contributed by atoms with Crippen LogP contribution >= 0.6 is 11.8 Å². The van der Waals surface area contributed by atoms with E-state index < -0.39 is 5.97 Å². The molecule has 5 nitrogen and oxygen atoms in total. The fourth-order valence-corrected chi connectivity index (χ4v) is 3.72. The Labute approximate surface area is 141 Å². The molecule has 4 rings (SSSR count). The molecule has 0 bridgehead atoms. The second-order valence-electron chi connectivity index (χ2n) is 5.55. The minimum absolute atomic E-state index is 0.0256. The number of thioether (sulfide) groups is 1. The zero-order valence-electron chi connectivity index (χ0n) is 12.6. The van der Waals surface area contributed by atoms with Crippen LogP contribution in [-0.4, -0.2) is 22.7 Å². The molecule has 6 heteroatoms. The number of aromatic carboxylic acids is 1. The molecule has 2 heterocycles. The largest absolute Gasteiger partial charge is 0.478 e. The maximum absolute atomic E-state index is 12.4. The first kappa shape index (κ1) is 14.8. The smallest absolute Gasteiger partial charge is 0.335 e. The predicted octanol–water partition coefficient (Wildman–Crippen LogP) is 3.77. The SMILES string of the molecule is O=C(O)c1ccc2c(c1)N(Cc1ccc3occc3c1)C(=O)CS2. The van der Waals surface area contributed by atoms with Crippen LogP contribution in [0.2, 0.25) is 0 Å². The van der Waals surface area contributed by atoms with E-state index in [0.717, 1.165) is 21.4 Å². The summed E-state index contributed by atoms with van der Waals surface area (Å²) in [5, 5.41) is 10.2. The highest BCUT2D eigenvalue weighted by Crippen LogP contribution is 2.37. The molecule has 1 aromatic heterocycles. The molecule has 2 aromatic carbocycles. The van der Waals surface area contributed by atoms with Crippen molar-refractivity contribution in [3.8, 4) is 0 Å². The summed E-state index contributed by atoms with van der Waals surface area (Å²) in [6.45, 7) is 0.399. The van der Waals surface area contributed by atoms with Crippen LogP contribution in [0, 0.1) is 0 Å². The third-order valence-corrected chi connectivity index (χ3v) is 5.05. The number of carboxylic acid groups (broad SMARTS) is 1. The van der Waals surface area contributed by atoms with Crippen LogP contribution in [-0.2, 0) is 11.3 Å². The summed E-state index contributed by atoms with van der Waals surface area (Å²) < 4.78 is 5.33. The molecule has 0 fully saturated rings. The van der Waals surface area contributed by atoms with E-state index in [9.17, 15) is 14.7 Å². The van der Waals surface area contributed by atoms with E-state index in [4.69, 9.17) is 4.42 Å². The van der Waals surface area contributed by atoms with Gasteiger partial charge in [0.2, 0.25) is 5.91 Å². The predicted molar refractivity (Wildman–Crippen MR) is 91.5 cm³/mol. The summed E-state index contributed by atoms with van der Waals surface area (Å²) in [5.41, 5.74) is 2.60. The van der Waals surface area contributed by atoms with Gasteiger partial charge in [0.1, 0.15) is 5.58 Å². The molecular weight excluding hydrogens is 326 g/mol. The van der Waals surface area contributed by atoms with Gasteiger partial charge in [0.15, 0.2) is 0 Å². The van der Waals surface area contributed by atoms with Gasteiger partial charge in [0.05, 0.1) is 29.8 Å². The maximum Gasteiger partial charge on any atom is 0.335 e. The molecule has 24 heavy (non-hydrogen) atoms. The molecule has 3 aromatic rings. The Morgan fingerprint density at radius 1 is 1.21 bits per heavy atom. The van der Waals surface area contributed by atoms with Crippen molar-refractivity contribution < 1.29 is 19.1 Å². The van der Waals surface area contributed by atoms with Crippen molar-refractivity contribution in [2.45, 2.75) is 11.4 Å². The number of fused-ring (bicyclic) bond motifs is 2. The average Bonchev–Trinajstić information content (AvgIpc) is 3.04. The Morgan fingerprint density at radius 3 is 2.92 bits per heavy atom. The number of furan rings is 1. The normalized spacial score (nSPS) is 14.0. The van der Waals surface area contributed by atoms with Gasteiger partial charge in [0.25, 0.3) is 0 Å². The van der Waals surface area contributed by atoms with Gasteiger partial charge in [-0.3, -0.25) is 4.79 Å². The molecule has 0 saturated heterocycles. The van der Waals surface area contributed by atoms with Crippen molar-refractivity contribution in [3.63, 3.8) is 0 Å². The van der Waals surface area contributed by atoms with Crippen molar-refractivity contribution >= 4 is 40.3 Å². The average molecular weight is 339 g/mol. The molecule has 120 valence electrons. The maximum atomic E-state index is 12.4. The van der Waals surface area contributed by atoms with Crippen LogP contribution in [0.25, 0.3) is 11.0 Å². The standard InChI is InChI=1S/C18H13NO4S/c20-17-10-24-16-4-2-13(18(21)22)8-14(16)19(17)9-11-1-3-15-12(7-11)5-6-23-15/h1-8H,9-10H2,(H,21,22). The van der Waals surface area contributed by atoms with E-state index in [0.29, 0.717) is 18.0 Å². The second kappa shape index (κ2) is 5.72. The summed E-state index contributed by atoms with van der Waals surface area (Å²) in [6, 6.07) is 12.6. The molecule has 0 radical (unpaired) electrons. The van der Waals surface area contributed by atoms with Gasteiger partial charge in [-0.1, -0.05) is 6.07 Å². The zero-order valence-corrected chi connectivity index (χ0v) is 13.4. The van der Waals surface area contributed by atoms with E-state index in [1.165, 1.54) is 11.8 Å². The van der Waals surface area contributed by atoms with E-state index in [2.05, 4.69) is 0 Å². The van der Waals surface area contributed by atoms with Crippen molar-refractivity contribution in [3.05, 3.63) is 59.9 Å². The van der Waals surface area contributed by atoms with Crippen molar-refractivity contribution in [1.82, 2.24) is 0 Å². The first-order valence-electron chi connectivity index (χ1n) is 7.38. The van der Waals surface area contributed by atoms with E-state index in [1.807, 2.05) is 24.3 Å². The van der Waals surface area contributed by atoms with Crippen LogP contribution in [0.4, 0.5) is 5.69 Å².